The van der Waals surface area contributed by atoms with Crippen molar-refractivity contribution in [2.24, 2.45) is 0 Å². The molecule has 0 radical (unpaired) electrons. The highest BCUT2D eigenvalue weighted by atomic mass is 15.0. The Labute approximate surface area is 342 Å². The fourth-order valence-corrected chi connectivity index (χ4v) is 8.75. The zero-order chi connectivity index (χ0) is 39.5. The number of para-hydroxylation sites is 1. The Kier molecular flexibility index (Phi) is 8.09. The molecule has 5 nitrogen and oxygen atoms in total. The molecule has 0 spiro atoms. The number of rotatable bonds is 6. The number of fused-ring (bicyclic) bond motifs is 6. The molecule has 0 unspecified atom stereocenters. The fourth-order valence-electron chi connectivity index (χ4n) is 8.75. The van der Waals surface area contributed by atoms with Crippen LogP contribution in [0, 0.1) is 0 Å². The highest BCUT2D eigenvalue weighted by Crippen LogP contribution is 2.50. The molecule has 0 atom stereocenters. The Morgan fingerprint density at radius 3 is 1.64 bits per heavy atom. The van der Waals surface area contributed by atoms with Gasteiger partial charge in [-0.15, -0.1) is 0 Å². The fraction of sp³-hybridized carbons (Fsp3) is 0.0556. The number of pyridine rings is 2. The van der Waals surface area contributed by atoms with E-state index in [1.165, 1.54) is 22.3 Å². The van der Waals surface area contributed by atoms with Gasteiger partial charge in [0.05, 0.1) is 11.2 Å². The van der Waals surface area contributed by atoms with Gasteiger partial charge in [0.2, 0.25) is 0 Å². The lowest BCUT2D eigenvalue weighted by Gasteiger charge is -2.22. The summed E-state index contributed by atoms with van der Waals surface area (Å²) in [7, 11) is 0. The first kappa shape index (κ1) is 34.6. The quantitative estimate of drug-likeness (QED) is 0.158. The Bertz CT molecular complexity index is 3170. The highest BCUT2D eigenvalue weighted by molar-refractivity contribution is 6.10. The van der Waals surface area contributed by atoms with Crippen LogP contribution in [-0.4, -0.2) is 24.9 Å². The summed E-state index contributed by atoms with van der Waals surface area (Å²) in [6, 6.07) is 61.8. The van der Waals surface area contributed by atoms with E-state index in [9.17, 15) is 0 Å². The summed E-state index contributed by atoms with van der Waals surface area (Å²) in [5.74, 6) is 1.88. The van der Waals surface area contributed by atoms with Crippen LogP contribution >= 0.6 is 0 Å². The van der Waals surface area contributed by atoms with Crippen molar-refractivity contribution in [3.63, 3.8) is 0 Å². The van der Waals surface area contributed by atoms with E-state index in [1.54, 1.807) is 0 Å². The molecule has 278 valence electrons. The van der Waals surface area contributed by atoms with E-state index in [0.29, 0.717) is 17.5 Å². The summed E-state index contributed by atoms with van der Waals surface area (Å²) >= 11 is 0. The monoisotopic (exact) mass is 755 g/mol. The Balaban J connectivity index is 1.09. The largest absolute Gasteiger partial charge is 0.264 e. The number of hydrogen-bond donors (Lipinski definition) is 0. The van der Waals surface area contributed by atoms with Crippen LogP contribution in [0.5, 0.6) is 0 Å². The molecule has 3 aromatic heterocycles. The van der Waals surface area contributed by atoms with Gasteiger partial charge in [-0.25, -0.2) is 19.9 Å². The van der Waals surface area contributed by atoms with Crippen LogP contribution in [0.2, 0.25) is 0 Å². The second kappa shape index (κ2) is 13.8. The lowest BCUT2D eigenvalue weighted by atomic mass is 9.81. The van der Waals surface area contributed by atoms with Crippen molar-refractivity contribution >= 4 is 21.7 Å². The Morgan fingerprint density at radius 2 is 0.915 bits per heavy atom. The molecule has 11 rings (SSSR count). The van der Waals surface area contributed by atoms with E-state index in [4.69, 9.17) is 19.9 Å². The smallest absolute Gasteiger partial charge is 0.164 e. The van der Waals surface area contributed by atoms with Crippen LogP contribution in [-0.2, 0) is 5.41 Å². The van der Waals surface area contributed by atoms with Gasteiger partial charge in [0.15, 0.2) is 17.5 Å². The number of hydrogen-bond acceptors (Lipinski definition) is 5. The molecule has 10 aromatic rings. The predicted octanol–water partition coefficient (Wildman–Crippen LogP) is 13.3. The Hall–Kier alpha value is -7.63. The van der Waals surface area contributed by atoms with Gasteiger partial charge in [-0.05, 0) is 86.3 Å². The topological polar surface area (TPSA) is 64.5 Å². The number of nitrogens with zero attached hydrogens (tertiary/aromatic N) is 5. The van der Waals surface area contributed by atoms with Gasteiger partial charge < -0.3 is 0 Å². The summed E-state index contributed by atoms with van der Waals surface area (Å²) in [6.45, 7) is 4.66. The van der Waals surface area contributed by atoms with Crippen LogP contribution in [0.1, 0.15) is 25.0 Å². The van der Waals surface area contributed by atoms with Crippen molar-refractivity contribution in [1.29, 1.82) is 0 Å². The lowest BCUT2D eigenvalue weighted by molar-refractivity contribution is 0.660. The van der Waals surface area contributed by atoms with Crippen LogP contribution in [0.15, 0.2) is 188 Å². The second-order valence-corrected chi connectivity index (χ2v) is 15.7. The molecule has 7 aromatic carbocycles. The summed E-state index contributed by atoms with van der Waals surface area (Å²) in [4.78, 5) is 24.9. The summed E-state index contributed by atoms with van der Waals surface area (Å²) < 4.78 is 0. The van der Waals surface area contributed by atoms with Crippen LogP contribution in [0.25, 0.3) is 100 Å². The summed E-state index contributed by atoms with van der Waals surface area (Å²) in [6.07, 6.45) is 3.78. The maximum atomic E-state index is 5.15. The van der Waals surface area contributed by atoms with Crippen LogP contribution in [0.3, 0.4) is 0 Å². The van der Waals surface area contributed by atoms with Gasteiger partial charge in [-0.2, -0.15) is 0 Å². The molecule has 0 aliphatic heterocycles. The SMILES string of the molecule is CC1(C)c2ccccc2-c2ccc(-c3cc(-c4ccc(-c5nc6ccccc6c6ccncc56)cc4)cc(-c4nc(-c5ccccc5)nc(-c5ccccc5)n4)c3)cc21. The molecular formula is C54H37N5. The molecule has 0 N–H and O–H groups in total. The Morgan fingerprint density at radius 1 is 0.356 bits per heavy atom. The molecule has 0 bridgehead atoms. The van der Waals surface area contributed by atoms with Crippen molar-refractivity contribution in [2.75, 3.05) is 0 Å². The minimum atomic E-state index is -0.127. The molecule has 0 saturated carbocycles. The molecule has 1 aliphatic carbocycles. The summed E-state index contributed by atoms with van der Waals surface area (Å²) in [5, 5.41) is 3.30. The number of aromatic nitrogens is 5. The first-order valence-electron chi connectivity index (χ1n) is 20.0. The van der Waals surface area contributed by atoms with Gasteiger partial charge in [0.1, 0.15) is 0 Å². The second-order valence-electron chi connectivity index (χ2n) is 15.7. The standard InChI is InChI=1S/C54H37N5/c1-54(2)47-19-11-9-17-43(47)44-26-25-38(32-48(44)54)40-29-39(34-21-23-35(24-22-34)50-46-33-55-28-27-42(46)45-18-10-12-20-49(45)56-50)30-41(31-40)53-58-51(36-13-5-3-6-14-36)57-52(59-53)37-15-7-4-8-16-37/h3-33H,1-2H3. The molecule has 0 saturated heterocycles. The van der Waals surface area contributed by atoms with E-state index >= 15 is 0 Å². The van der Waals surface area contributed by atoms with Gasteiger partial charge in [0, 0.05) is 50.8 Å². The average molecular weight is 756 g/mol. The third-order valence-electron chi connectivity index (χ3n) is 11.8. The first-order valence-corrected chi connectivity index (χ1v) is 20.0. The minimum Gasteiger partial charge on any atom is -0.264 e. The highest BCUT2D eigenvalue weighted by Gasteiger charge is 2.35. The van der Waals surface area contributed by atoms with Crippen molar-refractivity contribution < 1.29 is 0 Å². The van der Waals surface area contributed by atoms with Crippen LogP contribution < -0.4 is 0 Å². The first-order chi connectivity index (χ1) is 29.0. The van der Waals surface area contributed by atoms with E-state index in [1.807, 2.05) is 79.1 Å². The van der Waals surface area contributed by atoms with E-state index in [0.717, 1.165) is 71.9 Å². The van der Waals surface area contributed by atoms with Crippen molar-refractivity contribution in [3.8, 4) is 78.8 Å². The number of benzene rings is 7. The molecule has 5 heteroatoms. The van der Waals surface area contributed by atoms with Crippen molar-refractivity contribution in [3.05, 3.63) is 199 Å². The van der Waals surface area contributed by atoms with Gasteiger partial charge in [-0.3, -0.25) is 4.98 Å². The van der Waals surface area contributed by atoms with E-state index < -0.39 is 0 Å². The lowest BCUT2D eigenvalue weighted by Crippen LogP contribution is -2.14. The van der Waals surface area contributed by atoms with Crippen molar-refractivity contribution in [1.82, 2.24) is 24.9 Å². The molecule has 59 heavy (non-hydrogen) atoms. The third-order valence-corrected chi connectivity index (χ3v) is 11.8. The zero-order valence-electron chi connectivity index (χ0n) is 32.6. The average Bonchev–Trinajstić information content (AvgIpc) is 3.54. The molecule has 3 heterocycles. The maximum Gasteiger partial charge on any atom is 0.164 e. The van der Waals surface area contributed by atoms with Gasteiger partial charge >= 0.3 is 0 Å². The van der Waals surface area contributed by atoms with E-state index in [-0.39, 0.29) is 5.41 Å². The maximum absolute atomic E-state index is 5.15. The van der Waals surface area contributed by atoms with Crippen LogP contribution in [0.4, 0.5) is 0 Å². The molecule has 0 fully saturated rings. The molecular weight excluding hydrogens is 719 g/mol. The predicted molar refractivity (Wildman–Crippen MR) is 241 cm³/mol. The van der Waals surface area contributed by atoms with Crippen molar-refractivity contribution in [2.45, 2.75) is 19.3 Å². The minimum absolute atomic E-state index is 0.127. The van der Waals surface area contributed by atoms with Gasteiger partial charge in [0.25, 0.3) is 0 Å². The van der Waals surface area contributed by atoms with Gasteiger partial charge in [-0.1, -0.05) is 153 Å². The summed E-state index contributed by atoms with van der Waals surface area (Å²) in [5.41, 5.74) is 15.2. The molecule has 1 aliphatic rings. The normalized spacial score (nSPS) is 12.7. The molecule has 0 amide bonds. The third kappa shape index (κ3) is 5.98. The zero-order valence-corrected chi connectivity index (χ0v) is 32.6. The van der Waals surface area contributed by atoms with E-state index in [2.05, 4.69) is 128 Å².